The molecule has 1 saturated carbocycles. The molecule has 1 aliphatic carbocycles. The number of piperidine rings is 1. The van der Waals surface area contributed by atoms with Gasteiger partial charge in [-0.15, -0.1) is 0 Å². The maximum atomic E-state index is 12.1. The minimum atomic E-state index is -0.410. The van der Waals surface area contributed by atoms with Gasteiger partial charge in [0.2, 0.25) is 0 Å². The Morgan fingerprint density at radius 2 is 1.78 bits per heavy atom. The van der Waals surface area contributed by atoms with E-state index in [4.69, 9.17) is 4.74 Å². The second-order valence-electron chi connectivity index (χ2n) is 8.45. The number of likely N-dealkylation sites (N-methyl/N-ethyl adjacent to an activating group) is 1. The molecule has 0 spiro atoms. The van der Waals surface area contributed by atoms with Crippen molar-refractivity contribution >= 4 is 6.09 Å². The molecular weight excluding hydrogens is 290 g/mol. The van der Waals surface area contributed by atoms with Gasteiger partial charge in [-0.1, -0.05) is 12.8 Å². The summed E-state index contributed by atoms with van der Waals surface area (Å²) < 4.78 is 5.46. The first-order valence-electron chi connectivity index (χ1n) is 9.11. The van der Waals surface area contributed by atoms with E-state index >= 15 is 0 Å². The average Bonchev–Trinajstić information content (AvgIpc) is 2.94. The van der Waals surface area contributed by atoms with Crippen LogP contribution in [0.5, 0.6) is 0 Å². The molecule has 2 aliphatic rings. The van der Waals surface area contributed by atoms with Crippen molar-refractivity contribution in [3.63, 3.8) is 0 Å². The first-order chi connectivity index (χ1) is 10.7. The Kier molecular flexibility index (Phi) is 5.95. The van der Waals surface area contributed by atoms with Crippen LogP contribution in [0.3, 0.4) is 0 Å². The monoisotopic (exact) mass is 325 g/mol. The summed E-state index contributed by atoms with van der Waals surface area (Å²) in [6.07, 6.45) is 7.14. The van der Waals surface area contributed by atoms with Crippen molar-refractivity contribution in [1.82, 2.24) is 15.1 Å². The number of ether oxygens (including phenoxy) is 1. The number of amides is 1. The van der Waals surface area contributed by atoms with Gasteiger partial charge in [0.15, 0.2) is 0 Å². The molecule has 1 aliphatic heterocycles. The SMILES string of the molecule is CN(C)C1(CNC2CCN(C(=O)OC(C)(C)C)CC2)CCCC1. The number of likely N-dealkylation sites (tertiary alicyclic amines) is 1. The fraction of sp³-hybridized carbons (Fsp3) is 0.944. The third-order valence-electron chi connectivity index (χ3n) is 5.35. The summed E-state index contributed by atoms with van der Waals surface area (Å²) in [7, 11) is 4.41. The summed E-state index contributed by atoms with van der Waals surface area (Å²) in [6.45, 7) is 8.41. The van der Waals surface area contributed by atoms with Gasteiger partial charge in [0.05, 0.1) is 0 Å². The summed E-state index contributed by atoms with van der Waals surface area (Å²) in [6, 6.07) is 0.520. The Bertz CT molecular complexity index is 390. The first kappa shape index (κ1) is 18.5. The summed E-state index contributed by atoms with van der Waals surface area (Å²) >= 11 is 0. The fourth-order valence-electron chi connectivity index (χ4n) is 3.74. The molecule has 0 atom stereocenters. The summed E-state index contributed by atoms with van der Waals surface area (Å²) in [5, 5.41) is 3.77. The van der Waals surface area contributed by atoms with Crippen molar-refractivity contribution in [3.05, 3.63) is 0 Å². The lowest BCUT2D eigenvalue weighted by atomic mass is 9.94. The molecular formula is C18H35N3O2. The number of rotatable bonds is 4. The van der Waals surface area contributed by atoms with Crippen molar-refractivity contribution in [2.45, 2.75) is 76.5 Å². The number of nitrogens with zero attached hydrogens (tertiary/aromatic N) is 2. The van der Waals surface area contributed by atoms with Gasteiger partial charge in [-0.2, -0.15) is 0 Å². The molecule has 1 saturated heterocycles. The molecule has 0 aromatic rings. The van der Waals surface area contributed by atoms with E-state index in [2.05, 4.69) is 24.3 Å². The predicted octanol–water partition coefficient (Wildman–Crippen LogP) is 2.85. The highest BCUT2D eigenvalue weighted by atomic mass is 16.6. The predicted molar refractivity (Wildman–Crippen MR) is 93.7 cm³/mol. The quantitative estimate of drug-likeness (QED) is 0.863. The van der Waals surface area contributed by atoms with Crippen LogP contribution in [0, 0.1) is 0 Å². The van der Waals surface area contributed by atoms with Crippen molar-refractivity contribution < 1.29 is 9.53 Å². The lowest BCUT2D eigenvalue weighted by Gasteiger charge is -2.39. The third kappa shape index (κ3) is 5.08. The Morgan fingerprint density at radius 3 is 2.26 bits per heavy atom. The molecule has 5 heteroatoms. The van der Waals surface area contributed by atoms with Gasteiger partial charge in [-0.25, -0.2) is 4.79 Å². The number of carbonyl (C=O) groups is 1. The molecule has 23 heavy (non-hydrogen) atoms. The standard InChI is InChI=1S/C18H35N3O2/c1-17(2,3)23-16(22)21-12-8-15(9-13-21)19-14-18(20(4)5)10-6-7-11-18/h15,19H,6-14H2,1-5H3. The second kappa shape index (κ2) is 7.39. The van der Waals surface area contributed by atoms with E-state index < -0.39 is 5.60 Å². The third-order valence-corrected chi connectivity index (χ3v) is 5.35. The van der Waals surface area contributed by atoms with Gasteiger partial charge in [0.1, 0.15) is 5.60 Å². The highest BCUT2D eigenvalue weighted by Gasteiger charge is 2.36. The first-order valence-corrected chi connectivity index (χ1v) is 9.11. The van der Waals surface area contributed by atoms with Gasteiger partial charge in [0.25, 0.3) is 0 Å². The Labute approximate surface area is 141 Å². The second-order valence-corrected chi connectivity index (χ2v) is 8.45. The van der Waals surface area contributed by atoms with Crippen molar-refractivity contribution in [2.24, 2.45) is 0 Å². The maximum Gasteiger partial charge on any atom is 0.410 e. The zero-order valence-electron chi connectivity index (χ0n) is 15.7. The lowest BCUT2D eigenvalue weighted by molar-refractivity contribution is 0.0193. The van der Waals surface area contributed by atoms with E-state index in [-0.39, 0.29) is 6.09 Å². The highest BCUT2D eigenvalue weighted by Crippen LogP contribution is 2.33. The topological polar surface area (TPSA) is 44.8 Å². The van der Waals surface area contributed by atoms with Gasteiger partial charge in [-0.3, -0.25) is 0 Å². The number of hydrogen-bond acceptors (Lipinski definition) is 4. The molecule has 0 radical (unpaired) electrons. The minimum Gasteiger partial charge on any atom is -0.444 e. The molecule has 2 rings (SSSR count). The van der Waals surface area contributed by atoms with Gasteiger partial charge >= 0.3 is 6.09 Å². The molecule has 0 bridgehead atoms. The summed E-state index contributed by atoms with van der Waals surface area (Å²) in [4.78, 5) is 16.4. The maximum absolute atomic E-state index is 12.1. The smallest absolute Gasteiger partial charge is 0.410 e. The molecule has 5 nitrogen and oxygen atoms in total. The van der Waals surface area contributed by atoms with Gasteiger partial charge in [0, 0.05) is 31.2 Å². The van der Waals surface area contributed by atoms with E-state index in [0.29, 0.717) is 11.6 Å². The van der Waals surface area contributed by atoms with E-state index in [1.807, 2.05) is 25.7 Å². The molecule has 134 valence electrons. The van der Waals surface area contributed by atoms with Crippen LogP contribution in [-0.4, -0.2) is 66.8 Å². The van der Waals surface area contributed by atoms with Crippen LogP contribution in [0.15, 0.2) is 0 Å². The van der Waals surface area contributed by atoms with Gasteiger partial charge < -0.3 is 19.9 Å². The van der Waals surface area contributed by atoms with Crippen LogP contribution < -0.4 is 5.32 Å². The highest BCUT2D eigenvalue weighted by molar-refractivity contribution is 5.68. The molecule has 1 heterocycles. The van der Waals surface area contributed by atoms with Crippen molar-refractivity contribution in [2.75, 3.05) is 33.7 Å². The van der Waals surface area contributed by atoms with Crippen molar-refractivity contribution in [3.8, 4) is 0 Å². The summed E-state index contributed by atoms with van der Waals surface area (Å²) in [5.41, 5.74) is -0.0744. The largest absolute Gasteiger partial charge is 0.444 e. The van der Waals surface area contributed by atoms with Crippen LogP contribution in [0.4, 0.5) is 4.79 Å². The van der Waals surface area contributed by atoms with E-state index in [1.54, 1.807) is 0 Å². The molecule has 2 fully saturated rings. The normalized spacial score (nSPS) is 22.6. The van der Waals surface area contributed by atoms with Crippen LogP contribution in [0.2, 0.25) is 0 Å². The fourth-order valence-corrected chi connectivity index (χ4v) is 3.74. The molecule has 0 aromatic carbocycles. The van der Waals surface area contributed by atoms with Crippen LogP contribution >= 0.6 is 0 Å². The van der Waals surface area contributed by atoms with Crippen LogP contribution in [0.25, 0.3) is 0 Å². The Morgan fingerprint density at radius 1 is 1.22 bits per heavy atom. The molecule has 0 aromatic heterocycles. The van der Waals surface area contributed by atoms with E-state index in [0.717, 1.165) is 32.5 Å². The van der Waals surface area contributed by atoms with Crippen molar-refractivity contribution in [1.29, 1.82) is 0 Å². The van der Waals surface area contributed by atoms with Crippen LogP contribution in [-0.2, 0) is 4.74 Å². The number of carbonyl (C=O) groups excluding carboxylic acids is 1. The van der Waals surface area contributed by atoms with E-state index in [9.17, 15) is 4.79 Å². The Hall–Kier alpha value is -0.810. The zero-order chi connectivity index (χ0) is 17.1. The van der Waals surface area contributed by atoms with Crippen LogP contribution in [0.1, 0.15) is 59.3 Å². The van der Waals surface area contributed by atoms with Gasteiger partial charge in [-0.05, 0) is 60.5 Å². The number of hydrogen-bond donors (Lipinski definition) is 1. The molecule has 0 unspecified atom stereocenters. The summed E-state index contributed by atoms with van der Waals surface area (Å²) in [5.74, 6) is 0. The Balaban J connectivity index is 1.75. The minimum absolute atomic E-state index is 0.170. The number of nitrogens with one attached hydrogen (secondary N) is 1. The lowest BCUT2D eigenvalue weighted by Crippen LogP contribution is -2.54. The molecule has 1 amide bonds. The molecule has 1 N–H and O–H groups in total. The average molecular weight is 325 g/mol. The zero-order valence-corrected chi connectivity index (χ0v) is 15.7. The van der Waals surface area contributed by atoms with E-state index in [1.165, 1.54) is 25.7 Å².